The second kappa shape index (κ2) is 19.8. The SMILES string of the molecule is CCCCCCCCCCCCCCCCOCC(F)(COC(C)=O)COC(C)=O. The molecule has 0 aliphatic carbocycles. The van der Waals surface area contributed by atoms with Gasteiger partial charge in [0.15, 0.2) is 0 Å². The van der Waals surface area contributed by atoms with E-state index in [1.807, 2.05) is 0 Å². The molecular weight excluding hydrogens is 387 g/mol. The van der Waals surface area contributed by atoms with E-state index >= 15 is 0 Å². The van der Waals surface area contributed by atoms with Gasteiger partial charge in [0, 0.05) is 20.5 Å². The molecule has 0 radical (unpaired) electrons. The lowest BCUT2D eigenvalue weighted by Gasteiger charge is -2.24. The second-order valence-electron chi connectivity index (χ2n) is 8.36. The summed E-state index contributed by atoms with van der Waals surface area (Å²) in [6.45, 7) is 3.91. The summed E-state index contributed by atoms with van der Waals surface area (Å²) in [6.07, 6.45) is 17.9. The van der Waals surface area contributed by atoms with Gasteiger partial charge in [0.2, 0.25) is 5.67 Å². The molecule has 0 aliphatic rings. The molecule has 0 amide bonds. The van der Waals surface area contributed by atoms with E-state index in [4.69, 9.17) is 14.2 Å². The number of rotatable bonds is 21. The zero-order valence-electron chi connectivity index (χ0n) is 19.6. The van der Waals surface area contributed by atoms with Crippen molar-refractivity contribution in [3.63, 3.8) is 0 Å². The van der Waals surface area contributed by atoms with E-state index in [1.165, 1.54) is 90.9 Å². The van der Waals surface area contributed by atoms with Crippen molar-refractivity contribution in [1.29, 1.82) is 0 Å². The minimum Gasteiger partial charge on any atom is -0.462 e. The summed E-state index contributed by atoms with van der Waals surface area (Å²) in [5.74, 6) is -1.15. The van der Waals surface area contributed by atoms with Gasteiger partial charge >= 0.3 is 11.9 Å². The van der Waals surface area contributed by atoms with Gasteiger partial charge in [0.1, 0.15) is 13.2 Å². The molecule has 5 nitrogen and oxygen atoms in total. The minimum absolute atomic E-state index is 0.258. The number of hydrogen-bond donors (Lipinski definition) is 0. The molecule has 0 saturated heterocycles. The molecule has 0 spiro atoms. The Morgan fingerprint density at radius 3 is 1.37 bits per heavy atom. The Morgan fingerprint density at radius 1 is 0.633 bits per heavy atom. The largest absolute Gasteiger partial charge is 0.462 e. The Hall–Kier alpha value is -1.17. The van der Waals surface area contributed by atoms with E-state index in [0.29, 0.717) is 6.61 Å². The van der Waals surface area contributed by atoms with Gasteiger partial charge < -0.3 is 14.2 Å². The van der Waals surface area contributed by atoms with E-state index in [9.17, 15) is 14.0 Å². The number of alkyl halides is 1. The summed E-state index contributed by atoms with van der Waals surface area (Å²) >= 11 is 0. The maximum atomic E-state index is 14.7. The van der Waals surface area contributed by atoms with Crippen molar-refractivity contribution in [1.82, 2.24) is 0 Å². The maximum absolute atomic E-state index is 14.7. The minimum atomic E-state index is -2.01. The molecule has 0 saturated carbocycles. The molecule has 0 aromatic heterocycles. The van der Waals surface area contributed by atoms with E-state index in [-0.39, 0.29) is 6.61 Å². The number of carbonyl (C=O) groups excluding carboxylic acids is 2. The van der Waals surface area contributed by atoms with Crippen molar-refractivity contribution in [3.05, 3.63) is 0 Å². The highest BCUT2D eigenvalue weighted by molar-refractivity contribution is 5.66. The fourth-order valence-electron chi connectivity index (χ4n) is 3.24. The molecule has 0 aromatic rings. The second-order valence-corrected chi connectivity index (χ2v) is 8.36. The van der Waals surface area contributed by atoms with Crippen LogP contribution < -0.4 is 0 Å². The summed E-state index contributed by atoms with van der Waals surface area (Å²) < 4.78 is 29.6. The van der Waals surface area contributed by atoms with Gasteiger partial charge in [-0.15, -0.1) is 0 Å². The molecule has 0 atom stereocenters. The third-order valence-corrected chi connectivity index (χ3v) is 5.07. The van der Waals surface area contributed by atoms with Crippen LogP contribution >= 0.6 is 0 Å². The molecular formula is C24H45FO5. The number of unbranched alkanes of at least 4 members (excludes halogenated alkanes) is 13. The quantitative estimate of drug-likeness (QED) is 0.157. The van der Waals surface area contributed by atoms with E-state index in [2.05, 4.69) is 6.92 Å². The third-order valence-electron chi connectivity index (χ3n) is 5.07. The predicted molar refractivity (Wildman–Crippen MR) is 118 cm³/mol. The van der Waals surface area contributed by atoms with Crippen LogP contribution in [-0.2, 0) is 23.8 Å². The van der Waals surface area contributed by atoms with Crippen LogP contribution in [0.15, 0.2) is 0 Å². The molecule has 30 heavy (non-hydrogen) atoms. The van der Waals surface area contributed by atoms with E-state index < -0.39 is 30.8 Å². The first-order valence-corrected chi connectivity index (χ1v) is 11.9. The normalized spacial score (nSPS) is 11.5. The molecule has 6 heteroatoms. The number of esters is 2. The lowest BCUT2D eigenvalue weighted by atomic mass is 10.0. The molecule has 0 N–H and O–H groups in total. The first kappa shape index (κ1) is 28.8. The Balaban J connectivity index is 3.58. The highest BCUT2D eigenvalue weighted by Gasteiger charge is 2.33. The lowest BCUT2D eigenvalue weighted by Crippen LogP contribution is -2.41. The summed E-state index contributed by atoms with van der Waals surface area (Å²) in [5, 5.41) is 0. The van der Waals surface area contributed by atoms with E-state index in [1.54, 1.807) is 0 Å². The van der Waals surface area contributed by atoms with Crippen LogP contribution in [0.3, 0.4) is 0 Å². The molecule has 0 rings (SSSR count). The fourth-order valence-corrected chi connectivity index (χ4v) is 3.24. The number of carbonyl (C=O) groups is 2. The van der Waals surface area contributed by atoms with Crippen LogP contribution in [0.4, 0.5) is 4.39 Å². The maximum Gasteiger partial charge on any atom is 0.302 e. The lowest BCUT2D eigenvalue weighted by molar-refractivity contribution is -0.157. The summed E-state index contributed by atoms with van der Waals surface area (Å²) in [5.41, 5.74) is -2.01. The zero-order chi connectivity index (χ0) is 22.5. The first-order chi connectivity index (χ1) is 14.4. The Morgan fingerprint density at radius 2 is 1.00 bits per heavy atom. The Bertz CT molecular complexity index is 410. The highest BCUT2D eigenvalue weighted by atomic mass is 19.1. The van der Waals surface area contributed by atoms with Crippen LogP contribution in [-0.4, -0.2) is 44.0 Å². The average Bonchev–Trinajstić information content (AvgIpc) is 2.70. The molecule has 0 unspecified atom stereocenters. The summed E-state index contributed by atoms with van der Waals surface area (Å²) in [6, 6.07) is 0. The van der Waals surface area contributed by atoms with Gasteiger partial charge in [-0.2, -0.15) is 0 Å². The van der Waals surface area contributed by atoms with Crippen molar-refractivity contribution >= 4 is 11.9 Å². The van der Waals surface area contributed by atoms with Gasteiger partial charge in [0.05, 0.1) is 6.61 Å². The zero-order valence-corrected chi connectivity index (χ0v) is 19.6. The molecule has 0 aliphatic heterocycles. The molecule has 178 valence electrons. The Labute approximate surface area is 183 Å². The first-order valence-electron chi connectivity index (χ1n) is 11.9. The number of hydrogen-bond acceptors (Lipinski definition) is 5. The number of halogens is 1. The van der Waals surface area contributed by atoms with Crippen LogP contribution in [0.2, 0.25) is 0 Å². The van der Waals surface area contributed by atoms with E-state index in [0.717, 1.165) is 12.8 Å². The monoisotopic (exact) mass is 432 g/mol. The molecule has 0 fully saturated rings. The fraction of sp³-hybridized carbons (Fsp3) is 0.917. The topological polar surface area (TPSA) is 61.8 Å². The van der Waals surface area contributed by atoms with Gasteiger partial charge in [-0.3, -0.25) is 9.59 Å². The van der Waals surface area contributed by atoms with Crippen molar-refractivity contribution in [3.8, 4) is 0 Å². The third kappa shape index (κ3) is 20.1. The van der Waals surface area contributed by atoms with Crippen molar-refractivity contribution in [2.45, 2.75) is 116 Å². The molecule has 0 heterocycles. The number of ether oxygens (including phenoxy) is 3. The standard InChI is InChI=1S/C24H45FO5/c1-4-5-6-7-8-9-10-11-12-13-14-15-16-17-18-28-19-24(25,20-29-22(2)26)21-30-23(3)27/h4-21H2,1-3H3. The summed E-state index contributed by atoms with van der Waals surface area (Å²) in [7, 11) is 0. The van der Waals surface area contributed by atoms with Crippen LogP contribution in [0.25, 0.3) is 0 Å². The highest BCUT2D eigenvalue weighted by Crippen LogP contribution is 2.16. The van der Waals surface area contributed by atoms with Gasteiger partial charge in [0.25, 0.3) is 0 Å². The van der Waals surface area contributed by atoms with Crippen molar-refractivity contribution in [2.75, 3.05) is 26.4 Å². The van der Waals surface area contributed by atoms with Gasteiger partial charge in [-0.1, -0.05) is 90.4 Å². The molecule has 0 aromatic carbocycles. The predicted octanol–water partition coefficient (Wildman–Crippen LogP) is 6.32. The Kier molecular flexibility index (Phi) is 19.0. The van der Waals surface area contributed by atoms with Crippen molar-refractivity contribution < 1.29 is 28.2 Å². The summed E-state index contributed by atoms with van der Waals surface area (Å²) in [4.78, 5) is 21.8. The van der Waals surface area contributed by atoms with Gasteiger partial charge in [-0.25, -0.2) is 4.39 Å². The molecule has 0 bridgehead atoms. The smallest absolute Gasteiger partial charge is 0.302 e. The van der Waals surface area contributed by atoms with Crippen LogP contribution in [0, 0.1) is 0 Å². The van der Waals surface area contributed by atoms with Crippen LogP contribution in [0.5, 0.6) is 0 Å². The van der Waals surface area contributed by atoms with Gasteiger partial charge in [-0.05, 0) is 6.42 Å². The average molecular weight is 433 g/mol. The van der Waals surface area contributed by atoms with Crippen molar-refractivity contribution in [2.24, 2.45) is 0 Å². The van der Waals surface area contributed by atoms with Crippen LogP contribution in [0.1, 0.15) is 111 Å².